The fourth-order valence-corrected chi connectivity index (χ4v) is 2.82. The Morgan fingerprint density at radius 2 is 1.95 bits per heavy atom. The van der Waals surface area contributed by atoms with Gasteiger partial charge in [-0.15, -0.1) is 0 Å². The van der Waals surface area contributed by atoms with Crippen LogP contribution in [0.2, 0.25) is 0 Å². The first-order valence-corrected chi connectivity index (χ1v) is 6.76. The maximum Gasteiger partial charge on any atom is 0.314 e. The molecule has 0 fully saturated rings. The first-order chi connectivity index (χ1) is 10.4. The standard InChI is InChI=1S/C12H10N4O5S/c17-10-11(18)14-9-6-4-15(12(19)22)2-1-5(6)8(16(20)21)3-7(9)13-10/h3H,1-2,4H2,(H,13,17)(H,14,18)(H,19,22). The summed E-state index contributed by atoms with van der Waals surface area (Å²) in [5.74, 6) is 0. The molecular weight excluding hydrogens is 312 g/mol. The first kappa shape index (κ1) is 14.3. The van der Waals surface area contributed by atoms with E-state index in [2.05, 4.69) is 22.6 Å². The molecule has 1 amide bonds. The number of nitro groups is 1. The number of amides is 1. The molecule has 0 radical (unpaired) electrons. The number of aromatic amines is 2. The zero-order valence-electron chi connectivity index (χ0n) is 11.1. The van der Waals surface area contributed by atoms with Crippen LogP contribution in [0.1, 0.15) is 11.1 Å². The predicted molar refractivity (Wildman–Crippen MR) is 80.3 cm³/mol. The summed E-state index contributed by atoms with van der Waals surface area (Å²) in [5, 5.41) is 10.8. The average Bonchev–Trinajstić information content (AvgIpc) is 2.47. The molecule has 3 rings (SSSR count). The smallest absolute Gasteiger partial charge is 0.314 e. The summed E-state index contributed by atoms with van der Waals surface area (Å²) in [4.78, 5) is 51.2. The van der Waals surface area contributed by atoms with E-state index in [9.17, 15) is 24.5 Å². The molecule has 1 aliphatic rings. The highest BCUT2D eigenvalue weighted by Crippen LogP contribution is 2.32. The van der Waals surface area contributed by atoms with Crippen molar-refractivity contribution in [3.63, 3.8) is 0 Å². The van der Waals surface area contributed by atoms with Crippen molar-refractivity contribution in [2.45, 2.75) is 13.0 Å². The highest BCUT2D eigenvalue weighted by atomic mass is 32.1. The molecule has 2 N–H and O–H groups in total. The van der Waals surface area contributed by atoms with E-state index in [0.29, 0.717) is 23.2 Å². The van der Waals surface area contributed by atoms with E-state index < -0.39 is 21.3 Å². The number of fused-ring (bicyclic) bond motifs is 3. The molecule has 1 aromatic carbocycles. The van der Waals surface area contributed by atoms with Crippen molar-refractivity contribution >= 4 is 34.6 Å². The third-order valence-electron chi connectivity index (χ3n) is 3.67. The Hall–Kier alpha value is -2.62. The van der Waals surface area contributed by atoms with Crippen molar-refractivity contribution in [3.05, 3.63) is 48.0 Å². The maximum absolute atomic E-state index is 11.5. The predicted octanol–water partition coefficient (Wildman–Crippen LogP) is 0.532. The van der Waals surface area contributed by atoms with Gasteiger partial charge in [-0.2, -0.15) is 0 Å². The second-order valence-corrected chi connectivity index (χ2v) is 5.28. The van der Waals surface area contributed by atoms with E-state index in [0.717, 1.165) is 0 Å². The number of H-pyrrole nitrogens is 2. The third kappa shape index (κ3) is 2.17. The zero-order chi connectivity index (χ0) is 16.0. The van der Waals surface area contributed by atoms with E-state index in [1.165, 1.54) is 11.0 Å². The molecule has 114 valence electrons. The van der Waals surface area contributed by atoms with Gasteiger partial charge in [0.2, 0.25) is 0 Å². The summed E-state index contributed by atoms with van der Waals surface area (Å²) in [7, 11) is 0. The molecule has 2 aromatic rings. The first-order valence-electron chi connectivity index (χ1n) is 6.32. The van der Waals surface area contributed by atoms with Crippen LogP contribution >= 0.6 is 12.6 Å². The van der Waals surface area contributed by atoms with Crippen molar-refractivity contribution < 1.29 is 9.72 Å². The zero-order valence-corrected chi connectivity index (χ0v) is 12.0. The number of carbonyl (C=O) groups excluding carboxylic acids is 1. The van der Waals surface area contributed by atoms with E-state index in [-0.39, 0.29) is 24.2 Å². The van der Waals surface area contributed by atoms with Crippen LogP contribution in [0.3, 0.4) is 0 Å². The van der Waals surface area contributed by atoms with Crippen LogP contribution in [0.4, 0.5) is 10.5 Å². The van der Waals surface area contributed by atoms with Gasteiger partial charge in [0.1, 0.15) is 0 Å². The number of nitrogens with one attached hydrogen (secondary N) is 2. The molecule has 1 aliphatic heterocycles. The van der Waals surface area contributed by atoms with Gasteiger partial charge in [0.15, 0.2) is 0 Å². The normalized spacial score (nSPS) is 14.0. The number of thiol groups is 1. The monoisotopic (exact) mass is 322 g/mol. The van der Waals surface area contributed by atoms with Gasteiger partial charge in [-0.3, -0.25) is 24.5 Å². The molecule has 0 spiro atoms. The Morgan fingerprint density at radius 1 is 1.27 bits per heavy atom. The summed E-state index contributed by atoms with van der Waals surface area (Å²) >= 11 is 3.75. The van der Waals surface area contributed by atoms with Gasteiger partial charge in [0.05, 0.1) is 16.0 Å². The maximum atomic E-state index is 11.5. The van der Waals surface area contributed by atoms with E-state index in [4.69, 9.17) is 0 Å². The van der Waals surface area contributed by atoms with E-state index >= 15 is 0 Å². The number of nitro benzene ring substituents is 1. The second-order valence-electron chi connectivity index (χ2n) is 4.89. The molecule has 0 bridgehead atoms. The number of hydrogen-bond acceptors (Lipinski definition) is 5. The molecule has 9 nitrogen and oxygen atoms in total. The number of nitrogens with zero attached hydrogens (tertiary/aromatic N) is 2. The molecule has 0 unspecified atom stereocenters. The molecule has 1 aromatic heterocycles. The van der Waals surface area contributed by atoms with Gasteiger partial charge in [-0.05, 0) is 6.42 Å². The average molecular weight is 322 g/mol. The Balaban J connectivity index is 2.36. The van der Waals surface area contributed by atoms with E-state index in [1.54, 1.807) is 0 Å². The fraction of sp³-hybridized carbons (Fsp3) is 0.250. The molecule has 10 heteroatoms. The van der Waals surface area contributed by atoms with Crippen molar-refractivity contribution in [1.82, 2.24) is 14.9 Å². The van der Waals surface area contributed by atoms with Crippen LogP contribution in [0.5, 0.6) is 0 Å². The van der Waals surface area contributed by atoms with Crippen LogP contribution in [0.25, 0.3) is 11.0 Å². The summed E-state index contributed by atoms with van der Waals surface area (Å²) in [6, 6.07) is 1.23. The topological polar surface area (TPSA) is 129 Å². The molecule has 0 aliphatic carbocycles. The van der Waals surface area contributed by atoms with Crippen LogP contribution in [-0.4, -0.2) is 31.6 Å². The molecular formula is C12H10N4O5S. The minimum absolute atomic E-state index is 0.0812. The number of aromatic nitrogens is 2. The molecule has 22 heavy (non-hydrogen) atoms. The van der Waals surface area contributed by atoms with Crippen molar-refractivity contribution in [3.8, 4) is 0 Å². The van der Waals surface area contributed by atoms with Gasteiger partial charge >= 0.3 is 11.1 Å². The van der Waals surface area contributed by atoms with Crippen molar-refractivity contribution in [2.75, 3.05) is 6.54 Å². The molecule has 0 saturated carbocycles. The quantitative estimate of drug-likeness (QED) is 0.305. The Labute approximate surface area is 127 Å². The summed E-state index contributed by atoms with van der Waals surface area (Å²) < 4.78 is 0. The number of hydrogen-bond donors (Lipinski definition) is 3. The summed E-state index contributed by atoms with van der Waals surface area (Å²) in [6.07, 6.45) is 0.273. The van der Waals surface area contributed by atoms with Crippen LogP contribution < -0.4 is 11.1 Å². The van der Waals surface area contributed by atoms with Gasteiger partial charge < -0.3 is 14.9 Å². The van der Waals surface area contributed by atoms with Crippen molar-refractivity contribution in [1.29, 1.82) is 0 Å². The van der Waals surface area contributed by atoms with Gasteiger partial charge in [-0.25, -0.2) is 0 Å². The fourth-order valence-electron chi connectivity index (χ4n) is 2.65. The Bertz CT molecular complexity index is 931. The molecule has 0 saturated heterocycles. The second kappa shape index (κ2) is 4.98. The van der Waals surface area contributed by atoms with Crippen LogP contribution in [0.15, 0.2) is 15.7 Å². The number of carbonyl (C=O) groups is 1. The summed E-state index contributed by atoms with van der Waals surface area (Å²) in [5.41, 5.74) is -0.528. The minimum atomic E-state index is -0.889. The number of rotatable bonds is 1. The lowest BCUT2D eigenvalue weighted by Crippen LogP contribution is -2.34. The highest BCUT2D eigenvalue weighted by molar-refractivity contribution is 7.96. The lowest BCUT2D eigenvalue weighted by molar-refractivity contribution is -0.385. The SMILES string of the molecule is O=C(S)N1CCc2c([N+](=O)[O-])cc3[nH]c(=O)c(=O)[nH]c3c2C1. The minimum Gasteiger partial charge on any atom is -0.329 e. The molecule has 2 heterocycles. The Kier molecular flexibility index (Phi) is 3.24. The lowest BCUT2D eigenvalue weighted by Gasteiger charge is -2.27. The largest absolute Gasteiger partial charge is 0.329 e. The van der Waals surface area contributed by atoms with Crippen LogP contribution in [-0.2, 0) is 13.0 Å². The number of benzene rings is 1. The molecule has 0 atom stereocenters. The summed E-state index contributed by atoms with van der Waals surface area (Å²) in [6.45, 7) is 0.382. The lowest BCUT2D eigenvalue weighted by atomic mass is 9.96. The third-order valence-corrected chi connectivity index (χ3v) is 3.95. The van der Waals surface area contributed by atoms with E-state index in [1.807, 2.05) is 0 Å². The highest BCUT2D eigenvalue weighted by Gasteiger charge is 2.28. The van der Waals surface area contributed by atoms with Gasteiger partial charge in [0.25, 0.3) is 10.9 Å². The van der Waals surface area contributed by atoms with Gasteiger partial charge in [0, 0.05) is 30.3 Å². The van der Waals surface area contributed by atoms with Gasteiger partial charge in [-0.1, -0.05) is 12.6 Å². The van der Waals surface area contributed by atoms with Crippen LogP contribution in [0, 0.1) is 10.1 Å². The van der Waals surface area contributed by atoms with Crippen molar-refractivity contribution in [2.24, 2.45) is 0 Å². The Morgan fingerprint density at radius 3 is 2.59 bits per heavy atom.